The van der Waals surface area contributed by atoms with E-state index in [0.29, 0.717) is 6.54 Å². The molecule has 0 radical (unpaired) electrons. The fraction of sp³-hybridized carbons (Fsp3) is 0.118. The van der Waals surface area contributed by atoms with Crippen LogP contribution in [0, 0.1) is 0 Å². The molecule has 0 atom stereocenters. The summed E-state index contributed by atoms with van der Waals surface area (Å²) in [4.78, 5) is 0. The van der Waals surface area contributed by atoms with Crippen LogP contribution in [0.4, 0.5) is 5.69 Å². The highest BCUT2D eigenvalue weighted by Crippen LogP contribution is 2.17. The summed E-state index contributed by atoms with van der Waals surface area (Å²) in [5, 5.41) is 8.49. The van der Waals surface area contributed by atoms with Crippen molar-refractivity contribution in [3.63, 3.8) is 0 Å². The van der Waals surface area contributed by atoms with E-state index in [0.717, 1.165) is 22.8 Å². The molecule has 3 aromatic rings. The van der Waals surface area contributed by atoms with E-state index in [1.54, 1.807) is 0 Å². The normalized spacial score (nSPS) is 10.5. The summed E-state index contributed by atoms with van der Waals surface area (Å²) in [5.74, 6) is 0. The second-order valence-corrected chi connectivity index (χ2v) is 5.26. The molecular weight excluding hydrogens is 282 g/mol. The molecule has 21 heavy (non-hydrogen) atoms. The minimum Gasteiger partial charge on any atom is -0.378 e. The summed E-state index contributed by atoms with van der Waals surface area (Å²) in [6, 6.07) is 18.1. The van der Waals surface area contributed by atoms with Gasteiger partial charge in [-0.1, -0.05) is 60.1 Å². The van der Waals surface area contributed by atoms with E-state index in [-0.39, 0.29) is 0 Å². The molecule has 0 unspecified atom stereocenters. The van der Waals surface area contributed by atoms with Gasteiger partial charge in [0, 0.05) is 17.8 Å². The zero-order valence-electron chi connectivity index (χ0n) is 11.5. The van der Waals surface area contributed by atoms with E-state index >= 15 is 0 Å². The number of nitrogens with zero attached hydrogens (tertiary/aromatic N) is 2. The van der Waals surface area contributed by atoms with Gasteiger partial charge < -0.3 is 5.32 Å². The van der Waals surface area contributed by atoms with Crippen LogP contribution in [-0.4, -0.2) is 9.78 Å². The molecule has 3 nitrogen and oxygen atoms in total. The smallest absolute Gasteiger partial charge is 0.0729 e. The van der Waals surface area contributed by atoms with Crippen molar-refractivity contribution in [2.24, 2.45) is 0 Å². The third kappa shape index (κ3) is 3.64. The Hall–Kier alpha value is -2.26. The zero-order valence-corrected chi connectivity index (χ0v) is 12.3. The number of aromatic nitrogens is 2. The second kappa shape index (κ2) is 6.46. The molecular formula is C17H16ClN3. The molecule has 1 heterocycles. The maximum absolute atomic E-state index is 6.14. The van der Waals surface area contributed by atoms with Gasteiger partial charge in [0.15, 0.2) is 0 Å². The summed E-state index contributed by atoms with van der Waals surface area (Å²) in [7, 11) is 0. The number of rotatable bonds is 5. The van der Waals surface area contributed by atoms with Crippen molar-refractivity contribution in [2.75, 3.05) is 5.32 Å². The lowest BCUT2D eigenvalue weighted by Gasteiger charge is -2.05. The number of nitrogens with one attached hydrogen (secondary N) is 1. The molecule has 1 N–H and O–H groups in total. The minimum atomic E-state index is 0.691. The number of hydrogen-bond donors (Lipinski definition) is 1. The van der Waals surface area contributed by atoms with Gasteiger partial charge in [-0.15, -0.1) is 0 Å². The first-order valence-electron chi connectivity index (χ1n) is 6.85. The van der Waals surface area contributed by atoms with Crippen molar-refractivity contribution in [2.45, 2.75) is 13.1 Å². The first-order chi connectivity index (χ1) is 10.3. The van der Waals surface area contributed by atoms with E-state index < -0.39 is 0 Å². The van der Waals surface area contributed by atoms with E-state index in [9.17, 15) is 0 Å². The maximum atomic E-state index is 6.14. The zero-order chi connectivity index (χ0) is 14.5. The van der Waals surface area contributed by atoms with Crippen molar-refractivity contribution in [3.8, 4) is 0 Å². The molecule has 0 amide bonds. The Morgan fingerprint density at radius 2 is 1.76 bits per heavy atom. The Balaban J connectivity index is 1.62. The number of benzene rings is 2. The van der Waals surface area contributed by atoms with Gasteiger partial charge in [-0.25, -0.2) is 0 Å². The Morgan fingerprint density at radius 1 is 1.00 bits per heavy atom. The van der Waals surface area contributed by atoms with Crippen LogP contribution in [0.25, 0.3) is 0 Å². The van der Waals surface area contributed by atoms with Crippen LogP contribution in [0.5, 0.6) is 0 Å². The van der Waals surface area contributed by atoms with Crippen molar-refractivity contribution in [1.29, 1.82) is 0 Å². The minimum absolute atomic E-state index is 0.691. The van der Waals surface area contributed by atoms with Gasteiger partial charge in [0.2, 0.25) is 0 Å². The van der Waals surface area contributed by atoms with Gasteiger partial charge in [0.05, 0.1) is 18.4 Å². The fourth-order valence-corrected chi connectivity index (χ4v) is 2.35. The summed E-state index contributed by atoms with van der Waals surface area (Å²) < 4.78 is 1.92. The van der Waals surface area contributed by atoms with E-state index in [1.165, 1.54) is 5.56 Å². The van der Waals surface area contributed by atoms with E-state index in [2.05, 4.69) is 22.5 Å². The largest absolute Gasteiger partial charge is 0.378 e. The van der Waals surface area contributed by atoms with Gasteiger partial charge in [0.1, 0.15) is 0 Å². The van der Waals surface area contributed by atoms with Crippen molar-refractivity contribution in [1.82, 2.24) is 9.78 Å². The molecule has 0 fully saturated rings. The van der Waals surface area contributed by atoms with Crippen LogP contribution in [0.15, 0.2) is 67.0 Å². The average molecular weight is 298 g/mol. The van der Waals surface area contributed by atoms with Crippen LogP contribution in [0.1, 0.15) is 11.1 Å². The highest BCUT2D eigenvalue weighted by molar-refractivity contribution is 6.31. The third-order valence-corrected chi connectivity index (χ3v) is 3.63. The van der Waals surface area contributed by atoms with Gasteiger partial charge >= 0.3 is 0 Å². The molecule has 0 aliphatic rings. The standard InChI is InChI=1S/C17H16ClN3/c18-17-9-5-4-8-15(17)10-19-16-11-20-21(13-16)12-14-6-2-1-3-7-14/h1-9,11,13,19H,10,12H2. The van der Waals surface area contributed by atoms with Crippen LogP contribution in [0.3, 0.4) is 0 Å². The predicted octanol–water partition coefficient (Wildman–Crippen LogP) is 4.20. The maximum Gasteiger partial charge on any atom is 0.0729 e. The second-order valence-electron chi connectivity index (χ2n) is 4.86. The molecule has 0 bridgehead atoms. The number of halogens is 1. The lowest BCUT2D eigenvalue weighted by Crippen LogP contribution is -2.00. The Kier molecular flexibility index (Phi) is 4.22. The molecule has 0 saturated carbocycles. The van der Waals surface area contributed by atoms with Crippen LogP contribution < -0.4 is 5.32 Å². The molecule has 0 spiro atoms. The molecule has 0 saturated heterocycles. The van der Waals surface area contributed by atoms with Gasteiger partial charge in [-0.2, -0.15) is 5.10 Å². The van der Waals surface area contributed by atoms with Crippen molar-refractivity contribution in [3.05, 3.63) is 83.1 Å². The first kappa shape index (κ1) is 13.7. The quantitative estimate of drug-likeness (QED) is 0.765. The summed E-state index contributed by atoms with van der Waals surface area (Å²) >= 11 is 6.14. The summed E-state index contributed by atoms with van der Waals surface area (Å²) in [6.07, 6.45) is 3.84. The number of anilines is 1. The Morgan fingerprint density at radius 3 is 2.57 bits per heavy atom. The highest BCUT2D eigenvalue weighted by atomic mass is 35.5. The molecule has 2 aromatic carbocycles. The first-order valence-corrected chi connectivity index (χ1v) is 7.23. The lowest BCUT2D eigenvalue weighted by molar-refractivity contribution is 0.687. The Bertz CT molecular complexity index is 707. The van der Waals surface area contributed by atoms with Crippen LogP contribution in [-0.2, 0) is 13.1 Å². The topological polar surface area (TPSA) is 29.9 Å². The van der Waals surface area contributed by atoms with Crippen molar-refractivity contribution >= 4 is 17.3 Å². The third-order valence-electron chi connectivity index (χ3n) is 3.26. The molecule has 4 heteroatoms. The van der Waals surface area contributed by atoms with Gasteiger partial charge in [-0.05, 0) is 17.2 Å². The number of hydrogen-bond acceptors (Lipinski definition) is 2. The van der Waals surface area contributed by atoms with E-state index in [1.807, 2.05) is 59.5 Å². The summed E-state index contributed by atoms with van der Waals surface area (Å²) in [5.41, 5.74) is 3.30. The van der Waals surface area contributed by atoms with Gasteiger partial charge in [0.25, 0.3) is 0 Å². The molecule has 3 rings (SSSR count). The molecule has 106 valence electrons. The fourth-order valence-electron chi connectivity index (χ4n) is 2.15. The lowest BCUT2D eigenvalue weighted by atomic mass is 10.2. The van der Waals surface area contributed by atoms with Gasteiger partial charge in [-0.3, -0.25) is 4.68 Å². The molecule has 1 aromatic heterocycles. The van der Waals surface area contributed by atoms with E-state index in [4.69, 9.17) is 11.6 Å². The molecule has 0 aliphatic heterocycles. The summed E-state index contributed by atoms with van der Waals surface area (Å²) in [6.45, 7) is 1.46. The Labute approximate surface area is 129 Å². The molecule has 0 aliphatic carbocycles. The van der Waals surface area contributed by atoms with Crippen LogP contribution >= 0.6 is 11.6 Å². The SMILES string of the molecule is Clc1ccccc1CNc1cnn(Cc2ccccc2)c1. The monoisotopic (exact) mass is 297 g/mol. The van der Waals surface area contributed by atoms with Crippen LogP contribution in [0.2, 0.25) is 5.02 Å². The average Bonchev–Trinajstić information content (AvgIpc) is 2.95. The highest BCUT2D eigenvalue weighted by Gasteiger charge is 2.02. The van der Waals surface area contributed by atoms with Crippen molar-refractivity contribution < 1.29 is 0 Å². The predicted molar refractivity (Wildman–Crippen MR) is 86.5 cm³/mol.